The first kappa shape index (κ1) is 20.9. The Hall–Kier alpha value is -2.36. The van der Waals surface area contributed by atoms with Crippen LogP contribution in [0, 0.1) is 0 Å². The number of halogens is 8. The summed E-state index contributed by atoms with van der Waals surface area (Å²) in [5.41, 5.74) is -7.21. The predicted octanol–water partition coefficient (Wildman–Crippen LogP) is 5.15. The SMILES string of the molecule is COc1cccc(C(O)(c2ccc(C(F)(F)F)cc2)C(F)(F)C(F)(F)F)c1. The van der Waals surface area contributed by atoms with Crippen LogP contribution >= 0.6 is 0 Å². The van der Waals surface area contributed by atoms with Gasteiger partial charge in [-0.3, -0.25) is 0 Å². The molecule has 1 unspecified atom stereocenters. The molecule has 0 heterocycles. The van der Waals surface area contributed by atoms with Crippen LogP contribution in [0.25, 0.3) is 0 Å². The van der Waals surface area contributed by atoms with E-state index in [9.17, 15) is 40.2 Å². The molecule has 0 bridgehead atoms. The van der Waals surface area contributed by atoms with Gasteiger partial charge in [-0.2, -0.15) is 35.1 Å². The molecule has 0 spiro atoms. The van der Waals surface area contributed by atoms with Crippen molar-refractivity contribution in [3.63, 3.8) is 0 Å². The van der Waals surface area contributed by atoms with Gasteiger partial charge in [-0.25, -0.2) is 0 Å². The monoisotopic (exact) mass is 400 g/mol. The lowest BCUT2D eigenvalue weighted by Gasteiger charge is -2.37. The molecule has 0 amide bonds. The minimum Gasteiger partial charge on any atom is -0.497 e. The van der Waals surface area contributed by atoms with Crippen LogP contribution in [0.2, 0.25) is 0 Å². The number of aliphatic hydroxyl groups is 1. The molecule has 0 aromatic heterocycles. The van der Waals surface area contributed by atoms with Crippen LogP contribution in [-0.2, 0) is 11.8 Å². The molecule has 1 atom stereocenters. The Labute approximate surface area is 148 Å². The maximum atomic E-state index is 14.3. The van der Waals surface area contributed by atoms with E-state index < -0.39 is 40.6 Å². The van der Waals surface area contributed by atoms with Crippen LogP contribution in [0.3, 0.4) is 0 Å². The highest BCUT2D eigenvalue weighted by atomic mass is 19.4. The Kier molecular flexibility index (Phi) is 5.17. The van der Waals surface area contributed by atoms with Crippen molar-refractivity contribution < 1.29 is 45.0 Å². The maximum Gasteiger partial charge on any atom is 0.457 e. The fraction of sp³-hybridized carbons (Fsp3) is 0.294. The van der Waals surface area contributed by atoms with Crippen molar-refractivity contribution in [2.45, 2.75) is 23.9 Å². The first-order valence-corrected chi connectivity index (χ1v) is 7.24. The summed E-state index contributed by atoms with van der Waals surface area (Å²) < 4.78 is 110. The van der Waals surface area contributed by atoms with Gasteiger partial charge in [-0.15, -0.1) is 0 Å². The molecule has 148 valence electrons. The Morgan fingerprint density at radius 1 is 0.741 bits per heavy atom. The highest BCUT2D eigenvalue weighted by molar-refractivity contribution is 5.44. The number of methoxy groups -OCH3 is 1. The zero-order valence-corrected chi connectivity index (χ0v) is 13.5. The van der Waals surface area contributed by atoms with Crippen LogP contribution in [0.4, 0.5) is 35.1 Å². The molecule has 2 aromatic carbocycles. The number of ether oxygens (including phenoxy) is 1. The zero-order chi connectivity index (χ0) is 20.7. The summed E-state index contributed by atoms with van der Waals surface area (Å²) in [4.78, 5) is 0. The number of hydrogen-bond donors (Lipinski definition) is 1. The third kappa shape index (κ3) is 3.58. The normalized spacial score (nSPS) is 15.3. The Balaban J connectivity index is 2.74. The van der Waals surface area contributed by atoms with Gasteiger partial charge in [-0.1, -0.05) is 24.3 Å². The highest BCUT2D eigenvalue weighted by Gasteiger charge is 2.71. The molecule has 0 radical (unpaired) electrons. The largest absolute Gasteiger partial charge is 0.497 e. The number of benzene rings is 2. The van der Waals surface area contributed by atoms with Crippen molar-refractivity contribution in [3.8, 4) is 5.75 Å². The molecule has 2 nitrogen and oxygen atoms in total. The second-order valence-corrected chi connectivity index (χ2v) is 5.59. The van der Waals surface area contributed by atoms with Gasteiger partial charge in [0.2, 0.25) is 0 Å². The average molecular weight is 400 g/mol. The summed E-state index contributed by atoms with van der Waals surface area (Å²) in [5.74, 6) is -5.85. The molecule has 2 rings (SSSR count). The van der Waals surface area contributed by atoms with E-state index in [0.29, 0.717) is 24.3 Å². The van der Waals surface area contributed by atoms with E-state index >= 15 is 0 Å². The van der Waals surface area contributed by atoms with E-state index in [0.717, 1.165) is 25.3 Å². The molecule has 0 saturated heterocycles. The van der Waals surface area contributed by atoms with Gasteiger partial charge < -0.3 is 9.84 Å². The van der Waals surface area contributed by atoms with Crippen molar-refractivity contribution in [2.75, 3.05) is 7.11 Å². The minimum atomic E-state index is -6.19. The number of rotatable bonds is 4. The van der Waals surface area contributed by atoms with Gasteiger partial charge in [0.05, 0.1) is 12.7 Å². The standard InChI is InChI=1S/C17H12F8O2/c1-27-13-4-2-3-12(9-13)14(26,16(21,22)17(23,24)25)10-5-7-11(8-6-10)15(18,19)20/h2-9,26H,1H3. The summed E-state index contributed by atoms with van der Waals surface area (Å²) in [7, 11) is 1.12. The summed E-state index contributed by atoms with van der Waals surface area (Å²) >= 11 is 0. The maximum absolute atomic E-state index is 14.3. The van der Waals surface area contributed by atoms with Crippen LogP contribution < -0.4 is 4.74 Å². The molecule has 0 fully saturated rings. The van der Waals surface area contributed by atoms with Gasteiger partial charge in [0.25, 0.3) is 0 Å². The highest BCUT2D eigenvalue weighted by Crippen LogP contribution is 2.52. The molecule has 0 aliphatic rings. The Bertz CT molecular complexity index is 796. The minimum absolute atomic E-state index is 0.129. The summed E-state index contributed by atoms with van der Waals surface area (Å²) in [6.45, 7) is 0. The first-order chi connectivity index (χ1) is 12.2. The van der Waals surface area contributed by atoms with E-state index in [1.54, 1.807) is 0 Å². The van der Waals surface area contributed by atoms with Crippen molar-refractivity contribution in [3.05, 3.63) is 65.2 Å². The molecule has 0 saturated carbocycles. The van der Waals surface area contributed by atoms with Gasteiger partial charge >= 0.3 is 18.3 Å². The van der Waals surface area contributed by atoms with E-state index in [-0.39, 0.29) is 5.75 Å². The van der Waals surface area contributed by atoms with Crippen molar-refractivity contribution in [1.29, 1.82) is 0 Å². The molecule has 2 aromatic rings. The number of alkyl halides is 8. The second kappa shape index (κ2) is 6.66. The van der Waals surface area contributed by atoms with Gasteiger partial charge in [0.1, 0.15) is 5.75 Å². The summed E-state index contributed by atoms with van der Waals surface area (Å²) in [6, 6.07) is 5.22. The lowest BCUT2D eigenvalue weighted by Crippen LogP contribution is -2.55. The second-order valence-electron chi connectivity index (χ2n) is 5.59. The van der Waals surface area contributed by atoms with Crippen LogP contribution in [0.1, 0.15) is 16.7 Å². The van der Waals surface area contributed by atoms with Crippen LogP contribution in [-0.4, -0.2) is 24.3 Å². The molecule has 10 heteroatoms. The Morgan fingerprint density at radius 2 is 1.26 bits per heavy atom. The van der Waals surface area contributed by atoms with Gasteiger partial charge in [0, 0.05) is 0 Å². The quantitative estimate of drug-likeness (QED) is 0.720. The van der Waals surface area contributed by atoms with Gasteiger partial charge in [0.15, 0.2) is 5.60 Å². The molecular weight excluding hydrogens is 388 g/mol. The summed E-state index contributed by atoms with van der Waals surface area (Å²) in [5, 5.41) is 10.5. The predicted molar refractivity (Wildman–Crippen MR) is 78.4 cm³/mol. The van der Waals surface area contributed by atoms with Gasteiger partial charge in [-0.05, 0) is 35.4 Å². The fourth-order valence-electron chi connectivity index (χ4n) is 2.48. The number of hydrogen-bond acceptors (Lipinski definition) is 2. The van der Waals surface area contributed by atoms with E-state index in [2.05, 4.69) is 0 Å². The lowest BCUT2D eigenvalue weighted by molar-refractivity contribution is -0.336. The topological polar surface area (TPSA) is 29.5 Å². The third-order valence-electron chi connectivity index (χ3n) is 3.93. The van der Waals surface area contributed by atoms with Crippen molar-refractivity contribution >= 4 is 0 Å². The summed E-state index contributed by atoms with van der Waals surface area (Å²) in [6.07, 6.45) is -11.0. The molecule has 0 aliphatic carbocycles. The van der Waals surface area contributed by atoms with E-state index in [1.807, 2.05) is 0 Å². The molecule has 27 heavy (non-hydrogen) atoms. The van der Waals surface area contributed by atoms with Crippen molar-refractivity contribution in [1.82, 2.24) is 0 Å². The smallest absolute Gasteiger partial charge is 0.457 e. The lowest BCUT2D eigenvalue weighted by atomic mass is 9.80. The zero-order valence-electron chi connectivity index (χ0n) is 13.5. The average Bonchev–Trinajstić information content (AvgIpc) is 2.59. The van der Waals surface area contributed by atoms with E-state index in [4.69, 9.17) is 4.74 Å². The van der Waals surface area contributed by atoms with Crippen LogP contribution in [0.5, 0.6) is 5.75 Å². The molecular formula is C17H12F8O2. The third-order valence-corrected chi connectivity index (χ3v) is 3.93. The first-order valence-electron chi connectivity index (χ1n) is 7.24. The van der Waals surface area contributed by atoms with E-state index in [1.165, 1.54) is 6.07 Å². The van der Waals surface area contributed by atoms with Crippen LogP contribution in [0.15, 0.2) is 48.5 Å². The van der Waals surface area contributed by atoms with Crippen molar-refractivity contribution in [2.24, 2.45) is 0 Å². The Morgan fingerprint density at radius 3 is 1.70 bits per heavy atom. The molecule has 0 aliphatic heterocycles. The fourth-order valence-corrected chi connectivity index (χ4v) is 2.48. The molecule has 1 N–H and O–H groups in total.